The van der Waals surface area contributed by atoms with Crippen molar-refractivity contribution in [3.05, 3.63) is 30.4 Å². The Hall–Kier alpha value is -1.95. The van der Waals surface area contributed by atoms with Crippen LogP contribution in [0.1, 0.15) is 11.6 Å². The molecule has 0 saturated heterocycles. The summed E-state index contributed by atoms with van der Waals surface area (Å²) in [6.07, 6.45) is 6.17. The zero-order valence-corrected chi connectivity index (χ0v) is 7.16. The standard InChI is InChI=1S/C8H8N4O2/c9-7(8(13)14)5-3-11-12-2-1-10-4-6(5)12/h1-4,7H,9H2,(H,13,14). The van der Waals surface area contributed by atoms with Gasteiger partial charge in [0.2, 0.25) is 0 Å². The van der Waals surface area contributed by atoms with Crippen LogP contribution >= 0.6 is 0 Å². The number of fused-ring (bicyclic) bond motifs is 1. The van der Waals surface area contributed by atoms with Gasteiger partial charge >= 0.3 is 5.97 Å². The highest BCUT2D eigenvalue weighted by Gasteiger charge is 2.18. The summed E-state index contributed by atoms with van der Waals surface area (Å²) in [5, 5.41) is 12.7. The van der Waals surface area contributed by atoms with Crippen LogP contribution in [0.5, 0.6) is 0 Å². The summed E-state index contributed by atoms with van der Waals surface area (Å²) in [6, 6.07) is -1.06. The van der Waals surface area contributed by atoms with E-state index in [1.807, 2.05) is 0 Å². The SMILES string of the molecule is NC(C(=O)O)c1cnn2ccncc12. The Balaban J connectivity index is 2.58. The second-order valence-corrected chi connectivity index (χ2v) is 2.82. The first-order chi connectivity index (χ1) is 6.70. The molecule has 2 aromatic heterocycles. The van der Waals surface area contributed by atoms with Gasteiger partial charge in [0.05, 0.1) is 17.9 Å². The van der Waals surface area contributed by atoms with E-state index in [1.54, 1.807) is 12.4 Å². The van der Waals surface area contributed by atoms with Gasteiger partial charge < -0.3 is 10.8 Å². The topological polar surface area (TPSA) is 93.5 Å². The zero-order chi connectivity index (χ0) is 10.1. The lowest BCUT2D eigenvalue weighted by atomic mass is 10.1. The molecule has 2 rings (SSSR count). The molecule has 0 spiro atoms. The minimum Gasteiger partial charge on any atom is -0.480 e. The molecule has 0 bridgehead atoms. The van der Waals surface area contributed by atoms with E-state index in [9.17, 15) is 4.79 Å². The third kappa shape index (κ3) is 1.21. The fraction of sp³-hybridized carbons (Fsp3) is 0.125. The summed E-state index contributed by atoms with van der Waals surface area (Å²) in [5.41, 5.74) is 6.54. The largest absolute Gasteiger partial charge is 0.480 e. The molecule has 2 heterocycles. The molecule has 0 aromatic carbocycles. The predicted molar refractivity (Wildman–Crippen MR) is 47.6 cm³/mol. The maximum atomic E-state index is 10.7. The third-order valence-electron chi connectivity index (χ3n) is 1.96. The van der Waals surface area contributed by atoms with Gasteiger partial charge in [-0.15, -0.1) is 0 Å². The van der Waals surface area contributed by atoms with Crippen LogP contribution in [0.2, 0.25) is 0 Å². The van der Waals surface area contributed by atoms with Gasteiger partial charge in [0, 0.05) is 18.0 Å². The first-order valence-electron chi connectivity index (χ1n) is 3.96. The Morgan fingerprint density at radius 2 is 2.36 bits per heavy atom. The average molecular weight is 192 g/mol. The molecule has 0 aliphatic heterocycles. The fourth-order valence-corrected chi connectivity index (χ4v) is 1.23. The van der Waals surface area contributed by atoms with Crippen molar-refractivity contribution < 1.29 is 9.90 Å². The van der Waals surface area contributed by atoms with E-state index < -0.39 is 12.0 Å². The van der Waals surface area contributed by atoms with E-state index in [1.165, 1.54) is 16.9 Å². The second kappa shape index (κ2) is 3.08. The lowest BCUT2D eigenvalue weighted by molar-refractivity contribution is -0.138. The van der Waals surface area contributed by atoms with Crippen molar-refractivity contribution in [3.8, 4) is 0 Å². The molecule has 0 fully saturated rings. The lowest BCUT2D eigenvalue weighted by Crippen LogP contribution is -2.20. The summed E-state index contributed by atoms with van der Waals surface area (Å²) in [4.78, 5) is 14.5. The Morgan fingerprint density at radius 1 is 1.57 bits per heavy atom. The number of hydrogen-bond donors (Lipinski definition) is 2. The first kappa shape index (κ1) is 8.64. The van der Waals surface area contributed by atoms with Gasteiger partial charge in [-0.2, -0.15) is 5.10 Å². The highest BCUT2D eigenvalue weighted by atomic mass is 16.4. The molecule has 0 saturated carbocycles. The number of hydrogen-bond acceptors (Lipinski definition) is 4. The van der Waals surface area contributed by atoms with Crippen molar-refractivity contribution in [3.63, 3.8) is 0 Å². The maximum Gasteiger partial charge on any atom is 0.325 e. The highest BCUT2D eigenvalue weighted by Crippen LogP contribution is 2.15. The van der Waals surface area contributed by atoms with Gasteiger partial charge in [0.25, 0.3) is 0 Å². The summed E-state index contributed by atoms with van der Waals surface area (Å²) in [7, 11) is 0. The molecule has 1 atom stereocenters. The van der Waals surface area contributed by atoms with Crippen molar-refractivity contribution >= 4 is 11.5 Å². The first-order valence-corrected chi connectivity index (χ1v) is 3.96. The van der Waals surface area contributed by atoms with Crippen molar-refractivity contribution in [2.45, 2.75) is 6.04 Å². The van der Waals surface area contributed by atoms with E-state index in [4.69, 9.17) is 10.8 Å². The predicted octanol–water partition coefficient (Wildman–Crippen LogP) is -0.186. The van der Waals surface area contributed by atoms with Gasteiger partial charge in [0.1, 0.15) is 6.04 Å². The van der Waals surface area contributed by atoms with Gasteiger partial charge in [-0.3, -0.25) is 9.78 Å². The van der Waals surface area contributed by atoms with E-state index in [0.29, 0.717) is 11.1 Å². The molecule has 1 unspecified atom stereocenters. The molecule has 6 nitrogen and oxygen atoms in total. The molecule has 0 aliphatic carbocycles. The third-order valence-corrected chi connectivity index (χ3v) is 1.96. The smallest absolute Gasteiger partial charge is 0.325 e. The monoisotopic (exact) mass is 192 g/mol. The van der Waals surface area contributed by atoms with Crippen LogP contribution in [0.15, 0.2) is 24.8 Å². The van der Waals surface area contributed by atoms with Crippen molar-refractivity contribution in [2.75, 3.05) is 0 Å². The number of rotatable bonds is 2. The second-order valence-electron chi connectivity index (χ2n) is 2.82. The molecule has 14 heavy (non-hydrogen) atoms. The molecule has 2 aromatic rings. The van der Waals surface area contributed by atoms with Crippen LogP contribution < -0.4 is 5.73 Å². The number of aliphatic carboxylic acids is 1. The van der Waals surface area contributed by atoms with E-state index in [2.05, 4.69) is 10.1 Å². The Bertz CT molecular complexity index is 479. The maximum absolute atomic E-state index is 10.7. The summed E-state index contributed by atoms with van der Waals surface area (Å²) >= 11 is 0. The van der Waals surface area contributed by atoms with Gasteiger partial charge in [-0.05, 0) is 0 Å². The number of nitrogens with zero attached hydrogens (tertiary/aromatic N) is 3. The normalized spacial score (nSPS) is 12.9. The van der Waals surface area contributed by atoms with E-state index in [0.717, 1.165) is 0 Å². The number of nitrogens with two attached hydrogens (primary N) is 1. The molecule has 3 N–H and O–H groups in total. The van der Waals surface area contributed by atoms with Crippen LogP contribution in [0, 0.1) is 0 Å². The summed E-state index contributed by atoms with van der Waals surface area (Å²) in [5.74, 6) is -1.08. The number of carboxylic acid groups (broad SMARTS) is 1. The Kier molecular flexibility index (Phi) is 1.90. The molecule has 0 aliphatic rings. The summed E-state index contributed by atoms with van der Waals surface area (Å²) < 4.78 is 1.53. The van der Waals surface area contributed by atoms with Crippen LogP contribution in [0.25, 0.3) is 5.52 Å². The molecule has 72 valence electrons. The highest BCUT2D eigenvalue weighted by molar-refractivity contribution is 5.78. The molecular weight excluding hydrogens is 184 g/mol. The van der Waals surface area contributed by atoms with Crippen LogP contribution in [0.4, 0.5) is 0 Å². The van der Waals surface area contributed by atoms with E-state index >= 15 is 0 Å². The number of aromatic nitrogens is 3. The molecule has 0 radical (unpaired) electrons. The Morgan fingerprint density at radius 3 is 3.07 bits per heavy atom. The lowest BCUT2D eigenvalue weighted by Gasteiger charge is -2.02. The van der Waals surface area contributed by atoms with Crippen molar-refractivity contribution in [2.24, 2.45) is 5.73 Å². The van der Waals surface area contributed by atoms with Gasteiger partial charge in [0.15, 0.2) is 0 Å². The molecule has 6 heteroatoms. The minimum absolute atomic E-state index is 0.464. The average Bonchev–Trinajstić information content (AvgIpc) is 2.60. The van der Waals surface area contributed by atoms with Crippen molar-refractivity contribution in [1.82, 2.24) is 14.6 Å². The van der Waals surface area contributed by atoms with E-state index in [-0.39, 0.29) is 0 Å². The quantitative estimate of drug-likeness (QED) is 0.688. The van der Waals surface area contributed by atoms with Crippen LogP contribution in [0.3, 0.4) is 0 Å². The fourth-order valence-electron chi connectivity index (χ4n) is 1.23. The van der Waals surface area contributed by atoms with Gasteiger partial charge in [-0.25, -0.2) is 4.52 Å². The van der Waals surface area contributed by atoms with Crippen LogP contribution in [-0.4, -0.2) is 25.7 Å². The van der Waals surface area contributed by atoms with Crippen LogP contribution in [-0.2, 0) is 4.79 Å². The Labute approximate surface area is 79.0 Å². The number of carbonyl (C=O) groups is 1. The minimum atomic E-state index is -1.08. The molecular formula is C8H8N4O2. The molecule has 0 amide bonds. The van der Waals surface area contributed by atoms with Gasteiger partial charge in [-0.1, -0.05) is 0 Å². The number of carboxylic acids is 1. The van der Waals surface area contributed by atoms with Crippen molar-refractivity contribution in [1.29, 1.82) is 0 Å². The zero-order valence-electron chi connectivity index (χ0n) is 7.16. The summed E-state index contributed by atoms with van der Waals surface area (Å²) in [6.45, 7) is 0.